The molecule has 1 aliphatic rings. The molecular formula is C15H24N2. The first-order valence-corrected chi connectivity index (χ1v) is 6.82. The summed E-state index contributed by atoms with van der Waals surface area (Å²) in [6.07, 6.45) is 3.53. The maximum atomic E-state index is 5.97. The van der Waals surface area contributed by atoms with Gasteiger partial charge in [0.25, 0.3) is 0 Å². The number of nitrogens with two attached hydrogens (primary N) is 1. The van der Waals surface area contributed by atoms with E-state index in [4.69, 9.17) is 5.73 Å². The quantitative estimate of drug-likeness (QED) is 0.845. The Morgan fingerprint density at radius 3 is 2.82 bits per heavy atom. The van der Waals surface area contributed by atoms with Gasteiger partial charge in [-0.2, -0.15) is 0 Å². The van der Waals surface area contributed by atoms with Crippen molar-refractivity contribution in [3.05, 3.63) is 35.9 Å². The van der Waals surface area contributed by atoms with E-state index in [0.717, 1.165) is 18.8 Å². The Morgan fingerprint density at radius 2 is 2.12 bits per heavy atom. The van der Waals surface area contributed by atoms with Gasteiger partial charge < -0.3 is 10.6 Å². The summed E-state index contributed by atoms with van der Waals surface area (Å²) in [6, 6.07) is 11.3. The zero-order valence-electron chi connectivity index (χ0n) is 10.8. The van der Waals surface area contributed by atoms with Crippen LogP contribution < -0.4 is 5.73 Å². The van der Waals surface area contributed by atoms with Crippen molar-refractivity contribution in [2.45, 2.75) is 38.1 Å². The van der Waals surface area contributed by atoms with Gasteiger partial charge in [0, 0.05) is 12.6 Å². The van der Waals surface area contributed by atoms with Crippen LogP contribution in [-0.4, -0.2) is 30.6 Å². The van der Waals surface area contributed by atoms with E-state index in [1.54, 1.807) is 0 Å². The molecule has 17 heavy (non-hydrogen) atoms. The summed E-state index contributed by atoms with van der Waals surface area (Å²) < 4.78 is 0. The highest BCUT2D eigenvalue weighted by molar-refractivity contribution is 5.20. The Kier molecular flexibility index (Phi) is 4.57. The number of nitrogens with zero attached hydrogens (tertiary/aromatic N) is 1. The first-order valence-electron chi connectivity index (χ1n) is 6.82. The van der Waals surface area contributed by atoms with E-state index in [9.17, 15) is 0 Å². The maximum Gasteiger partial charge on any atom is 0.00508 e. The summed E-state index contributed by atoms with van der Waals surface area (Å²) >= 11 is 0. The molecule has 0 aromatic heterocycles. The predicted octanol–water partition coefficient (Wildman–Crippen LogP) is 2.60. The molecule has 0 amide bonds. The second-order valence-electron chi connectivity index (χ2n) is 5.15. The van der Waals surface area contributed by atoms with Crippen LogP contribution in [0.4, 0.5) is 0 Å². The van der Waals surface area contributed by atoms with Gasteiger partial charge in [-0.25, -0.2) is 0 Å². The largest absolute Gasteiger partial charge is 0.328 e. The third-order valence-corrected chi connectivity index (χ3v) is 3.88. The van der Waals surface area contributed by atoms with Gasteiger partial charge in [-0.1, -0.05) is 37.3 Å². The average molecular weight is 232 g/mol. The second-order valence-corrected chi connectivity index (χ2v) is 5.15. The SMILES string of the molecule is CCC(N)CCN1CCC(c2ccccc2)C1. The Balaban J connectivity index is 1.80. The van der Waals surface area contributed by atoms with Gasteiger partial charge in [-0.05, 0) is 43.8 Å². The minimum atomic E-state index is 0.380. The zero-order chi connectivity index (χ0) is 12.1. The lowest BCUT2D eigenvalue weighted by Gasteiger charge is -2.18. The summed E-state index contributed by atoms with van der Waals surface area (Å²) in [7, 11) is 0. The van der Waals surface area contributed by atoms with Crippen LogP contribution in [0.3, 0.4) is 0 Å². The van der Waals surface area contributed by atoms with E-state index in [2.05, 4.69) is 42.2 Å². The van der Waals surface area contributed by atoms with Crippen LogP contribution in [0.25, 0.3) is 0 Å². The maximum absolute atomic E-state index is 5.97. The van der Waals surface area contributed by atoms with E-state index >= 15 is 0 Å². The summed E-state index contributed by atoms with van der Waals surface area (Å²) in [6.45, 7) is 5.77. The molecule has 1 aromatic rings. The van der Waals surface area contributed by atoms with Crippen LogP contribution in [0.2, 0.25) is 0 Å². The number of hydrogen-bond donors (Lipinski definition) is 1. The first-order chi connectivity index (χ1) is 8.29. The fourth-order valence-electron chi connectivity index (χ4n) is 2.59. The normalized spacial score (nSPS) is 22.8. The predicted molar refractivity (Wildman–Crippen MR) is 73.1 cm³/mol. The van der Waals surface area contributed by atoms with Gasteiger partial charge in [0.15, 0.2) is 0 Å². The van der Waals surface area contributed by atoms with Crippen LogP contribution in [0.1, 0.15) is 37.7 Å². The average Bonchev–Trinajstić information content (AvgIpc) is 2.86. The van der Waals surface area contributed by atoms with Crippen LogP contribution >= 0.6 is 0 Å². The van der Waals surface area contributed by atoms with E-state index in [0.29, 0.717) is 6.04 Å². The molecule has 2 rings (SSSR count). The minimum absolute atomic E-state index is 0.380. The molecule has 0 radical (unpaired) electrons. The highest BCUT2D eigenvalue weighted by Gasteiger charge is 2.23. The monoisotopic (exact) mass is 232 g/mol. The van der Waals surface area contributed by atoms with Gasteiger partial charge >= 0.3 is 0 Å². The molecule has 1 heterocycles. The van der Waals surface area contributed by atoms with E-state index in [1.165, 1.54) is 31.6 Å². The molecule has 1 fully saturated rings. The molecule has 0 aliphatic carbocycles. The molecule has 2 unspecified atom stereocenters. The molecular weight excluding hydrogens is 208 g/mol. The molecule has 0 saturated carbocycles. The van der Waals surface area contributed by atoms with Gasteiger partial charge in [-0.3, -0.25) is 0 Å². The van der Waals surface area contributed by atoms with Crippen LogP contribution in [0.15, 0.2) is 30.3 Å². The molecule has 94 valence electrons. The zero-order valence-corrected chi connectivity index (χ0v) is 10.8. The molecule has 1 aromatic carbocycles. The number of hydrogen-bond acceptors (Lipinski definition) is 2. The summed E-state index contributed by atoms with van der Waals surface area (Å²) in [4.78, 5) is 2.56. The Hall–Kier alpha value is -0.860. The Morgan fingerprint density at radius 1 is 1.35 bits per heavy atom. The molecule has 0 spiro atoms. The van der Waals surface area contributed by atoms with Gasteiger partial charge in [-0.15, -0.1) is 0 Å². The highest BCUT2D eigenvalue weighted by Crippen LogP contribution is 2.26. The minimum Gasteiger partial charge on any atom is -0.328 e. The summed E-state index contributed by atoms with van der Waals surface area (Å²) in [5.41, 5.74) is 7.47. The topological polar surface area (TPSA) is 29.3 Å². The Bertz CT molecular complexity index is 323. The number of rotatable bonds is 5. The lowest BCUT2D eigenvalue weighted by atomic mass is 9.99. The van der Waals surface area contributed by atoms with Crippen molar-refractivity contribution >= 4 is 0 Å². The van der Waals surface area contributed by atoms with Crippen molar-refractivity contribution in [3.8, 4) is 0 Å². The van der Waals surface area contributed by atoms with Gasteiger partial charge in [0.1, 0.15) is 0 Å². The Labute approximate surface area is 105 Å². The standard InChI is InChI=1S/C15H24N2/c1-2-15(16)9-11-17-10-8-14(12-17)13-6-4-3-5-7-13/h3-7,14-15H,2,8-12,16H2,1H3. The molecule has 2 heteroatoms. The molecule has 1 aliphatic heterocycles. The lowest BCUT2D eigenvalue weighted by molar-refractivity contribution is 0.316. The second kappa shape index (κ2) is 6.18. The number of benzene rings is 1. The number of likely N-dealkylation sites (tertiary alicyclic amines) is 1. The van der Waals surface area contributed by atoms with Crippen molar-refractivity contribution in [1.29, 1.82) is 0 Å². The van der Waals surface area contributed by atoms with E-state index in [-0.39, 0.29) is 0 Å². The summed E-state index contributed by atoms with van der Waals surface area (Å²) in [5.74, 6) is 0.731. The van der Waals surface area contributed by atoms with Crippen LogP contribution in [-0.2, 0) is 0 Å². The molecule has 0 bridgehead atoms. The third kappa shape index (κ3) is 3.55. The first kappa shape index (κ1) is 12.6. The van der Waals surface area contributed by atoms with Gasteiger partial charge in [0.05, 0.1) is 0 Å². The molecule has 2 nitrogen and oxygen atoms in total. The van der Waals surface area contributed by atoms with Crippen molar-refractivity contribution in [1.82, 2.24) is 4.90 Å². The summed E-state index contributed by atoms with van der Waals surface area (Å²) in [5, 5.41) is 0. The van der Waals surface area contributed by atoms with Crippen molar-refractivity contribution < 1.29 is 0 Å². The highest BCUT2D eigenvalue weighted by atomic mass is 15.1. The van der Waals surface area contributed by atoms with Crippen molar-refractivity contribution in [2.24, 2.45) is 5.73 Å². The van der Waals surface area contributed by atoms with Crippen molar-refractivity contribution in [2.75, 3.05) is 19.6 Å². The van der Waals surface area contributed by atoms with Gasteiger partial charge in [0.2, 0.25) is 0 Å². The van der Waals surface area contributed by atoms with Crippen LogP contribution in [0, 0.1) is 0 Å². The fourth-order valence-corrected chi connectivity index (χ4v) is 2.59. The molecule has 1 saturated heterocycles. The smallest absolute Gasteiger partial charge is 0.00508 e. The van der Waals surface area contributed by atoms with Crippen molar-refractivity contribution in [3.63, 3.8) is 0 Å². The molecule has 2 atom stereocenters. The third-order valence-electron chi connectivity index (χ3n) is 3.88. The fraction of sp³-hybridized carbons (Fsp3) is 0.600. The van der Waals surface area contributed by atoms with E-state index < -0.39 is 0 Å². The lowest BCUT2D eigenvalue weighted by Crippen LogP contribution is -2.28. The van der Waals surface area contributed by atoms with E-state index in [1.807, 2.05) is 0 Å². The molecule has 2 N–H and O–H groups in total. The van der Waals surface area contributed by atoms with Crippen LogP contribution in [0.5, 0.6) is 0 Å².